The van der Waals surface area contributed by atoms with Gasteiger partial charge in [0, 0.05) is 11.3 Å². The number of rotatable bonds is 5. The molecular formula is C22H36O4. The summed E-state index contributed by atoms with van der Waals surface area (Å²) >= 11 is 0. The summed E-state index contributed by atoms with van der Waals surface area (Å²) in [7, 11) is 0. The average molecular weight is 365 g/mol. The summed E-state index contributed by atoms with van der Waals surface area (Å²) in [6.45, 7) is 3.94. The fourth-order valence-electron chi connectivity index (χ4n) is 6.91. The van der Waals surface area contributed by atoms with Crippen molar-refractivity contribution in [3.8, 4) is 0 Å². The van der Waals surface area contributed by atoms with Gasteiger partial charge in [0.25, 0.3) is 0 Å². The van der Waals surface area contributed by atoms with Gasteiger partial charge in [-0.25, -0.2) is 0 Å². The Morgan fingerprint density at radius 3 is 2.27 bits per heavy atom. The molecule has 4 fully saturated rings. The zero-order valence-corrected chi connectivity index (χ0v) is 16.5. The van der Waals surface area contributed by atoms with E-state index in [1.165, 1.54) is 0 Å². The van der Waals surface area contributed by atoms with Gasteiger partial charge in [-0.15, -0.1) is 0 Å². The van der Waals surface area contributed by atoms with Crippen molar-refractivity contribution in [2.45, 2.75) is 108 Å². The molecule has 4 heteroatoms. The Kier molecular flexibility index (Phi) is 4.67. The Labute approximate surface area is 157 Å². The normalized spacial score (nSPS) is 41.5. The summed E-state index contributed by atoms with van der Waals surface area (Å²) in [6, 6.07) is 0. The van der Waals surface area contributed by atoms with Crippen LogP contribution < -0.4 is 0 Å². The number of hydrogen-bond acceptors (Lipinski definition) is 4. The van der Waals surface area contributed by atoms with E-state index in [0.717, 1.165) is 77.0 Å². The molecular weight excluding hydrogens is 328 g/mol. The molecule has 4 aliphatic rings. The van der Waals surface area contributed by atoms with E-state index in [4.69, 9.17) is 4.74 Å². The van der Waals surface area contributed by atoms with E-state index in [-0.39, 0.29) is 35.2 Å². The minimum absolute atomic E-state index is 0.0762. The van der Waals surface area contributed by atoms with Crippen LogP contribution in [0.25, 0.3) is 0 Å². The van der Waals surface area contributed by atoms with Crippen molar-refractivity contribution in [3.05, 3.63) is 0 Å². The van der Waals surface area contributed by atoms with Crippen LogP contribution in [-0.4, -0.2) is 33.5 Å². The second-order valence-corrected chi connectivity index (χ2v) is 10.00. The van der Waals surface area contributed by atoms with Crippen molar-refractivity contribution in [2.24, 2.45) is 23.2 Å². The van der Waals surface area contributed by atoms with Crippen LogP contribution in [0.4, 0.5) is 0 Å². The second-order valence-electron chi connectivity index (χ2n) is 10.00. The highest BCUT2D eigenvalue weighted by molar-refractivity contribution is 5.72. The van der Waals surface area contributed by atoms with Crippen molar-refractivity contribution in [2.75, 3.05) is 0 Å². The van der Waals surface area contributed by atoms with Gasteiger partial charge in [0.2, 0.25) is 0 Å². The molecule has 2 N–H and O–H groups in total. The standard InChI is InChI=1S/C22H36O4/c1-3-15(2)19(23)26-18-14-20(22(25)10-6-7-11-22)12-16(18)17(13-20)21(24)8-4-5-9-21/h15-18,24-25H,3-14H2,1-2H3. The summed E-state index contributed by atoms with van der Waals surface area (Å²) in [6.07, 6.45) is 11.2. The van der Waals surface area contributed by atoms with E-state index in [0.29, 0.717) is 0 Å². The maximum Gasteiger partial charge on any atom is 0.308 e. The van der Waals surface area contributed by atoms with Crippen LogP contribution in [0.2, 0.25) is 0 Å². The summed E-state index contributed by atoms with van der Waals surface area (Å²) in [5, 5.41) is 22.8. The molecule has 148 valence electrons. The van der Waals surface area contributed by atoms with Gasteiger partial charge in [-0.3, -0.25) is 4.79 Å². The van der Waals surface area contributed by atoms with Crippen LogP contribution in [-0.2, 0) is 9.53 Å². The molecule has 0 aromatic carbocycles. The van der Waals surface area contributed by atoms with Crippen LogP contribution in [0, 0.1) is 23.2 Å². The third kappa shape index (κ3) is 2.74. The van der Waals surface area contributed by atoms with Crippen molar-refractivity contribution in [3.63, 3.8) is 0 Å². The fourth-order valence-corrected chi connectivity index (χ4v) is 6.91. The molecule has 0 saturated heterocycles. The van der Waals surface area contributed by atoms with Gasteiger partial charge < -0.3 is 14.9 Å². The maximum absolute atomic E-state index is 12.5. The maximum atomic E-state index is 12.5. The molecule has 0 aliphatic heterocycles. The molecule has 26 heavy (non-hydrogen) atoms. The van der Waals surface area contributed by atoms with Crippen LogP contribution in [0.3, 0.4) is 0 Å². The van der Waals surface area contributed by atoms with E-state index in [1.54, 1.807) is 0 Å². The molecule has 0 amide bonds. The first kappa shape index (κ1) is 18.7. The monoisotopic (exact) mass is 364 g/mol. The number of ether oxygens (including phenoxy) is 1. The molecule has 0 heterocycles. The molecule has 0 aromatic heterocycles. The van der Waals surface area contributed by atoms with Crippen molar-refractivity contribution in [1.82, 2.24) is 0 Å². The van der Waals surface area contributed by atoms with Gasteiger partial charge in [0.15, 0.2) is 0 Å². The lowest BCUT2D eigenvalue weighted by Gasteiger charge is -2.46. The molecule has 4 nitrogen and oxygen atoms in total. The number of fused-ring (bicyclic) bond motifs is 2. The Morgan fingerprint density at radius 1 is 1.04 bits per heavy atom. The van der Waals surface area contributed by atoms with E-state index in [2.05, 4.69) is 0 Å². The SMILES string of the molecule is CCC(C)C(=O)OC1CC2(C3(O)CCCC3)CC1C(C1(O)CCCC1)C2. The molecule has 4 aliphatic carbocycles. The molecule has 2 bridgehead atoms. The highest BCUT2D eigenvalue weighted by Gasteiger charge is 2.68. The molecule has 5 atom stereocenters. The Morgan fingerprint density at radius 2 is 1.65 bits per heavy atom. The average Bonchev–Trinajstić information content (AvgIpc) is 3.38. The fraction of sp³-hybridized carbons (Fsp3) is 0.955. The van der Waals surface area contributed by atoms with Crippen LogP contribution in [0.1, 0.15) is 90.9 Å². The molecule has 4 rings (SSSR count). The largest absolute Gasteiger partial charge is 0.462 e. The summed E-state index contributed by atoms with van der Waals surface area (Å²) in [5.41, 5.74) is -1.38. The minimum atomic E-state index is -0.619. The number of carbonyl (C=O) groups excluding carboxylic acids is 1. The Hall–Kier alpha value is -0.610. The minimum Gasteiger partial charge on any atom is -0.462 e. The van der Waals surface area contributed by atoms with Crippen molar-refractivity contribution < 1.29 is 19.7 Å². The number of carbonyl (C=O) groups is 1. The smallest absolute Gasteiger partial charge is 0.308 e. The second kappa shape index (κ2) is 6.48. The van der Waals surface area contributed by atoms with Gasteiger partial charge in [-0.2, -0.15) is 0 Å². The van der Waals surface area contributed by atoms with Gasteiger partial charge in [-0.1, -0.05) is 39.5 Å². The van der Waals surface area contributed by atoms with E-state index < -0.39 is 11.2 Å². The van der Waals surface area contributed by atoms with Gasteiger partial charge in [0.1, 0.15) is 6.10 Å². The number of esters is 1. The highest BCUT2D eigenvalue weighted by atomic mass is 16.5. The van der Waals surface area contributed by atoms with Crippen molar-refractivity contribution in [1.29, 1.82) is 0 Å². The highest BCUT2D eigenvalue weighted by Crippen LogP contribution is 2.68. The summed E-state index contributed by atoms with van der Waals surface area (Å²) in [5.74, 6) is 0.220. The van der Waals surface area contributed by atoms with Gasteiger partial charge >= 0.3 is 5.97 Å². The Bertz CT molecular complexity index is 546. The quantitative estimate of drug-likeness (QED) is 0.725. The molecule has 0 aromatic rings. The number of hydrogen-bond donors (Lipinski definition) is 2. The summed E-state index contributed by atoms with van der Waals surface area (Å²) < 4.78 is 6.00. The molecule has 5 unspecified atom stereocenters. The molecule has 0 spiro atoms. The van der Waals surface area contributed by atoms with Crippen molar-refractivity contribution >= 4 is 5.97 Å². The van der Waals surface area contributed by atoms with E-state index in [1.807, 2.05) is 13.8 Å². The zero-order chi connectivity index (χ0) is 18.6. The Balaban J connectivity index is 1.60. The first-order valence-electron chi connectivity index (χ1n) is 11.0. The van der Waals surface area contributed by atoms with Crippen LogP contribution in [0.5, 0.6) is 0 Å². The lowest BCUT2D eigenvalue weighted by molar-refractivity contribution is -0.166. The molecule has 4 saturated carbocycles. The molecule has 0 radical (unpaired) electrons. The zero-order valence-electron chi connectivity index (χ0n) is 16.5. The van der Waals surface area contributed by atoms with Crippen LogP contribution in [0.15, 0.2) is 0 Å². The van der Waals surface area contributed by atoms with Crippen LogP contribution >= 0.6 is 0 Å². The van der Waals surface area contributed by atoms with E-state index in [9.17, 15) is 15.0 Å². The van der Waals surface area contributed by atoms with Gasteiger partial charge in [0.05, 0.1) is 17.1 Å². The predicted octanol–water partition coefficient (Wildman–Crippen LogP) is 3.97. The first-order valence-corrected chi connectivity index (χ1v) is 11.0. The lowest BCUT2D eigenvalue weighted by Crippen LogP contribution is -2.50. The van der Waals surface area contributed by atoms with Gasteiger partial charge in [-0.05, 0) is 57.3 Å². The summed E-state index contributed by atoms with van der Waals surface area (Å²) in [4.78, 5) is 12.5. The van der Waals surface area contributed by atoms with E-state index >= 15 is 0 Å². The number of aliphatic hydroxyl groups is 2. The topological polar surface area (TPSA) is 66.8 Å². The third-order valence-electron chi connectivity index (χ3n) is 8.68. The third-order valence-corrected chi connectivity index (χ3v) is 8.68. The lowest BCUT2D eigenvalue weighted by atomic mass is 9.64. The first-order chi connectivity index (χ1) is 12.3. The predicted molar refractivity (Wildman–Crippen MR) is 99.4 cm³/mol.